The van der Waals surface area contributed by atoms with Gasteiger partial charge in [0.25, 0.3) is 5.56 Å². The zero-order valence-corrected chi connectivity index (χ0v) is 10.7. The number of carbonyl (C=O) groups is 1. The maximum Gasteiger partial charge on any atom is 0.332 e. The minimum absolute atomic E-state index is 0.0196. The lowest BCUT2D eigenvalue weighted by Crippen LogP contribution is -2.37. The third kappa shape index (κ3) is 2.16. The van der Waals surface area contributed by atoms with E-state index in [0.717, 1.165) is 4.57 Å². The van der Waals surface area contributed by atoms with Crippen molar-refractivity contribution in [3.8, 4) is 0 Å². The van der Waals surface area contributed by atoms with Gasteiger partial charge in [-0.1, -0.05) is 0 Å². The number of fused-ring (bicyclic) bond motifs is 1. The molecular formula is C11H14N4O4. The maximum atomic E-state index is 12.1. The lowest BCUT2D eigenvalue weighted by molar-refractivity contribution is -0.137. The summed E-state index contributed by atoms with van der Waals surface area (Å²) in [6.07, 6.45) is 1.87. The molecular weight excluding hydrogens is 252 g/mol. The summed E-state index contributed by atoms with van der Waals surface area (Å²) in [5.41, 5.74) is -0.238. The predicted molar refractivity (Wildman–Crippen MR) is 67.1 cm³/mol. The van der Waals surface area contributed by atoms with Gasteiger partial charge >= 0.3 is 11.7 Å². The highest BCUT2D eigenvalue weighted by Crippen LogP contribution is 2.06. The summed E-state index contributed by atoms with van der Waals surface area (Å²) < 4.78 is 3.89. The van der Waals surface area contributed by atoms with E-state index in [1.807, 2.05) is 0 Å². The lowest BCUT2D eigenvalue weighted by Gasteiger charge is -2.05. The van der Waals surface area contributed by atoms with E-state index in [2.05, 4.69) is 4.98 Å². The van der Waals surface area contributed by atoms with Crippen LogP contribution >= 0.6 is 0 Å². The number of nitrogens with zero attached hydrogens (tertiary/aromatic N) is 4. The molecule has 2 aromatic rings. The molecule has 2 rings (SSSR count). The largest absolute Gasteiger partial charge is 0.481 e. The van der Waals surface area contributed by atoms with Gasteiger partial charge in [0.05, 0.1) is 6.33 Å². The molecule has 0 atom stereocenters. The lowest BCUT2D eigenvalue weighted by atomic mass is 10.3. The fourth-order valence-corrected chi connectivity index (χ4v) is 1.97. The summed E-state index contributed by atoms with van der Waals surface area (Å²) in [5, 5.41) is 8.60. The first kappa shape index (κ1) is 13.1. The summed E-state index contributed by atoms with van der Waals surface area (Å²) in [7, 11) is 2.94. The zero-order chi connectivity index (χ0) is 14.2. The summed E-state index contributed by atoms with van der Waals surface area (Å²) in [5.74, 6) is -0.885. The first-order valence-electron chi connectivity index (χ1n) is 5.76. The average molecular weight is 266 g/mol. The molecule has 0 aliphatic heterocycles. The number of aryl methyl sites for hydroxylation is 2. The van der Waals surface area contributed by atoms with E-state index < -0.39 is 17.2 Å². The summed E-state index contributed by atoms with van der Waals surface area (Å²) in [4.78, 5) is 38.3. The van der Waals surface area contributed by atoms with E-state index in [4.69, 9.17) is 5.11 Å². The fraction of sp³-hybridized carbons (Fsp3) is 0.455. The van der Waals surface area contributed by atoms with E-state index in [0.29, 0.717) is 24.1 Å². The minimum atomic E-state index is -0.885. The van der Waals surface area contributed by atoms with E-state index in [1.54, 1.807) is 11.6 Å². The van der Waals surface area contributed by atoms with Gasteiger partial charge in [-0.3, -0.25) is 18.7 Å². The van der Waals surface area contributed by atoms with Crippen LogP contribution < -0.4 is 11.2 Å². The quantitative estimate of drug-likeness (QED) is 0.788. The van der Waals surface area contributed by atoms with Crippen LogP contribution in [0.25, 0.3) is 11.2 Å². The van der Waals surface area contributed by atoms with Gasteiger partial charge in [-0.2, -0.15) is 0 Å². The van der Waals surface area contributed by atoms with Gasteiger partial charge in [-0.15, -0.1) is 0 Å². The van der Waals surface area contributed by atoms with Crippen molar-refractivity contribution in [2.45, 2.75) is 19.4 Å². The van der Waals surface area contributed by atoms with Crippen molar-refractivity contribution in [2.24, 2.45) is 14.1 Å². The number of carboxylic acids is 1. The van der Waals surface area contributed by atoms with Gasteiger partial charge in [0.15, 0.2) is 11.2 Å². The number of hydrogen-bond acceptors (Lipinski definition) is 4. The van der Waals surface area contributed by atoms with Crippen LogP contribution in [-0.2, 0) is 25.4 Å². The number of aromatic nitrogens is 4. The van der Waals surface area contributed by atoms with Crippen LogP contribution in [0.15, 0.2) is 15.9 Å². The van der Waals surface area contributed by atoms with E-state index in [-0.39, 0.29) is 6.42 Å². The number of carboxylic acid groups (broad SMARTS) is 1. The molecule has 8 nitrogen and oxygen atoms in total. The Kier molecular flexibility index (Phi) is 3.24. The third-order valence-corrected chi connectivity index (χ3v) is 3.01. The Hall–Kier alpha value is -2.38. The second kappa shape index (κ2) is 4.71. The van der Waals surface area contributed by atoms with Crippen molar-refractivity contribution in [3.63, 3.8) is 0 Å². The molecule has 0 aliphatic rings. The van der Waals surface area contributed by atoms with E-state index in [1.165, 1.54) is 17.9 Å². The number of imidazole rings is 1. The van der Waals surface area contributed by atoms with Crippen LogP contribution in [0.1, 0.15) is 12.8 Å². The van der Waals surface area contributed by atoms with Crippen molar-refractivity contribution in [2.75, 3.05) is 0 Å². The smallest absolute Gasteiger partial charge is 0.332 e. The monoisotopic (exact) mass is 266 g/mol. The van der Waals surface area contributed by atoms with Crippen molar-refractivity contribution in [3.05, 3.63) is 27.2 Å². The van der Waals surface area contributed by atoms with Crippen LogP contribution in [0, 0.1) is 0 Å². The minimum Gasteiger partial charge on any atom is -0.481 e. The number of rotatable bonds is 4. The Morgan fingerprint density at radius 1 is 1.32 bits per heavy atom. The Morgan fingerprint density at radius 3 is 2.63 bits per heavy atom. The molecule has 0 radical (unpaired) electrons. The maximum absolute atomic E-state index is 12.1. The molecule has 19 heavy (non-hydrogen) atoms. The van der Waals surface area contributed by atoms with Crippen LogP contribution in [0.4, 0.5) is 0 Å². The van der Waals surface area contributed by atoms with Gasteiger partial charge in [-0.05, 0) is 6.42 Å². The predicted octanol–water partition coefficient (Wildman–Crippen LogP) is -0.701. The van der Waals surface area contributed by atoms with Crippen molar-refractivity contribution in [1.29, 1.82) is 0 Å². The molecule has 0 saturated carbocycles. The van der Waals surface area contributed by atoms with E-state index >= 15 is 0 Å². The van der Waals surface area contributed by atoms with Crippen LogP contribution in [0.3, 0.4) is 0 Å². The molecule has 0 aromatic carbocycles. The molecule has 1 N–H and O–H groups in total. The molecule has 0 saturated heterocycles. The Bertz CT molecular complexity index is 752. The number of aliphatic carboxylic acids is 1. The van der Waals surface area contributed by atoms with Gasteiger partial charge in [0, 0.05) is 27.1 Å². The van der Waals surface area contributed by atoms with Gasteiger partial charge in [0.1, 0.15) is 0 Å². The highest BCUT2D eigenvalue weighted by molar-refractivity contribution is 5.70. The first-order chi connectivity index (χ1) is 8.93. The highest BCUT2D eigenvalue weighted by atomic mass is 16.4. The van der Waals surface area contributed by atoms with E-state index in [9.17, 15) is 14.4 Å². The summed E-state index contributed by atoms with van der Waals surface area (Å²) in [6.45, 7) is 0.371. The second-order valence-electron chi connectivity index (χ2n) is 4.31. The summed E-state index contributed by atoms with van der Waals surface area (Å²) >= 11 is 0. The zero-order valence-electron chi connectivity index (χ0n) is 10.7. The summed E-state index contributed by atoms with van der Waals surface area (Å²) in [6, 6.07) is 0. The average Bonchev–Trinajstić information content (AvgIpc) is 2.77. The Morgan fingerprint density at radius 2 is 2.00 bits per heavy atom. The van der Waals surface area contributed by atoms with Gasteiger partial charge < -0.3 is 9.67 Å². The van der Waals surface area contributed by atoms with Crippen molar-refractivity contribution >= 4 is 17.1 Å². The van der Waals surface area contributed by atoms with Gasteiger partial charge in [0.2, 0.25) is 0 Å². The highest BCUT2D eigenvalue weighted by Gasteiger charge is 2.13. The first-order valence-corrected chi connectivity index (χ1v) is 5.76. The molecule has 0 spiro atoms. The molecule has 2 aromatic heterocycles. The topological polar surface area (TPSA) is 99.1 Å². The Labute approximate surface area is 107 Å². The number of hydrogen-bond donors (Lipinski definition) is 1. The molecule has 0 aliphatic carbocycles. The molecule has 0 bridgehead atoms. The Balaban J connectivity index is 2.51. The molecule has 8 heteroatoms. The molecule has 0 amide bonds. The van der Waals surface area contributed by atoms with Gasteiger partial charge in [-0.25, -0.2) is 9.78 Å². The molecule has 2 heterocycles. The molecule has 0 unspecified atom stereocenters. The normalized spacial score (nSPS) is 11.1. The van der Waals surface area contributed by atoms with Crippen LogP contribution in [0.2, 0.25) is 0 Å². The standard InChI is InChI=1S/C11H14N4O4/c1-13-9-8(10(18)14(2)11(13)19)15(6-12-9)5-3-4-7(16)17/h6H,3-5H2,1-2H3,(H,16,17). The fourth-order valence-electron chi connectivity index (χ4n) is 1.97. The second-order valence-corrected chi connectivity index (χ2v) is 4.31. The SMILES string of the molecule is Cn1c(=O)c2c(ncn2CCCC(=O)O)n(C)c1=O. The molecule has 0 fully saturated rings. The van der Waals surface area contributed by atoms with Crippen molar-refractivity contribution in [1.82, 2.24) is 18.7 Å². The van der Waals surface area contributed by atoms with Crippen LogP contribution in [-0.4, -0.2) is 29.8 Å². The van der Waals surface area contributed by atoms with Crippen LogP contribution in [0.5, 0.6) is 0 Å². The third-order valence-electron chi connectivity index (χ3n) is 3.01. The molecule has 102 valence electrons. The van der Waals surface area contributed by atoms with Crippen molar-refractivity contribution < 1.29 is 9.90 Å².